The third-order valence-corrected chi connectivity index (χ3v) is 5.61. The SMILES string of the molecule is CC(=O)c1cccc(NC(=O)Cn2c(=O)n(-c3cc(F)cc(F)c3)c(=O)c3sccc32)c1. The van der Waals surface area contributed by atoms with E-state index in [1.807, 2.05) is 0 Å². The predicted octanol–water partition coefficient (Wildman–Crippen LogP) is 3.33. The molecule has 4 aromatic rings. The molecule has 0 atom stereocenters. The van der Waals surface area contributed by atoms with Crippen molar-refractivity contribution in [2.45, 2.75) is 13.5 Å². The number of hydrogen-bond donors (Lipinski definition) is 1. The number of halogens is 2. The zero-order valence-corrected chi connectivity index (χ0v) is 17.4. The fraction of sp³-hybridized carbons (Fsp3) is 0.0909. The smallest absolute Gasteiger partial charge is 0.325 e. The summed E-state index contributed by atoms with van der Waals surface area (Å²) in [6.07, 6.45) is 0. The fourth-order valence-electron chi connectivity index (χ4n) is 3.30. The minimum Gasteiger partial charge on any atom is -0.325 e. The standard InChI is InChI=1S/C22H15F2N3O4S/c1-12(28)13-3-2-4-16(7-13)25-19(29)11-26-18-5-6-32-20(18)21(30)27(22(26)31)17-9-14(23)8-15(24)10-17/h2-10H,11H2,1H3,(H,25,29). The summed E-state index contributed by atoms with van der Waals surface area (Å²) in [6.45, 7) is 0.931. The Morgan fingerprint density at radius 3 is 2.44 bits per heavy atom. The molecule has 0 aliphatic heterocycles. The van der Waals surface area contributed by atoms with Gasteiger partial charge in [-0.1, -0.05) is 12.1 Å². The Bertz CT molecular complexity index is 1480. The van der Waals surface area contributed by atoms with Crippen LogP contribution in [0.2, 0.25) is 0 Å². The number of hydrogen-bond acceptors (Lipinski definition) is 5. The minimum absolute atomic E-state index is 0.153. The first-order chi connectivity index (χ1) is 15.2. The molecule has 2 aromatic heterocycles. The van der Waals surface area contributed by atoms with Gasteiger partial charge in [0.1, 0.15) is 22.9 Å². The first-order valence-electron chi connectivity index (χ1n) is 9.35. The molecule has 10 heteroatoms. The summed E-state index contributed by atoms with van der Waals surface area (Å²) in [5, 5.41) is 4.18. The number of nitrogens with zero attached hydrogens (tertiary/aromatic N) is 2. The second kappa shape index (κ2) is 8.31. The van der Waals surface area contributed by atoms with E-state index in [-0.39, 0.29) is 21.7 Å². The van der Waals surface area contributed by atoms with Crippen molar-refractivity contribution in [1.82, 2.24) is 9.13 Å². The van der Waals surface area contributed by atoms with Gasteiger partial charge in [-0.05, 0) is 42.6 Å². The molecule has 4 rings (SSSR count). The molecule has 2 heterocycles. The van der Waals surface area contributed by atoms with Gasteiger partial charge < -0.3 is 5.32 Å². The molecule has 2 aromatic carbocycles. The maximum Gasteiger partial charge on any atom is 0.336 e. The summed E-state index contributed by atoms with van der Waals surface area (Å²) in [5.41, 5.74) is -0.948. The summed E-state index contributed by atoms with van der Waals surface area (Å²) in [6, 6.07) is 10.2. The van der Waals surface area contributed by atoms with Gasteiger partial charge >= 0.3 is 5.69 Å². The van der Waals surface area contributed by atoms with E-state index in [0.29, 0.717) is 21.9 Å². The number of amides is 1. The highest BCUT2D eigenvalue weighted by Crippen LogP contribution is 2.18. The Morgan fingerprint density at radius 1 is 1.03 bits per heavy atom. The molecule has 1 amide bonds. The van der Waals surface area contributed by atoms with E-state index in [4.69, 9.17) is 0 Å². The Hall–Kier alpha value is -3.92. The number of aromatic nitrogens is 2. The molecule has 0 aliphatic carbocycles. The van der Waals surface area contributed by atoms with Crippen LogP contribution in [0, 0.1) is 11.6 Å². The Labute approximate surface area is 183 Å². The number of carbonyl (C=O) groups is 2. The van der Waals surface area contributed by atoms with E-state index >= 15 is 0 Å². The van der Waals surface area contributed by atoms with E-state index in [2.05, 4.69) is 5.32 Å². The first kappa shape index (κ1) is 21.3. The molecule has 32 heavy (non-hydrogen) atoms. The van der Waals surface area contributed by atoms with Gasteiger partial charge in [0, 0.05) is 17.3 Å². The topological polar surface area (TPSA) is 90.2 Å². The van der Waals surface area contributed by atoms with E-state index in [0.717, 1.165) is 28.0 Å². The lowest BCUT2D eigenvalue weighted by atomic mass is 10.1. The van der Waals surface area contributed by atoms with Crippen molar-refractivity contribution < 1.29 is 18.4 Å². The molecule has 0 unspecified atom stereocenters. The van der Waals surface area contributed by atoms with Gasteiger partial charge in [0.2, 0.25) is 5.91 Å². The van der Waals surface area contributed by atoms with Crippen LogP contribution in [0.4, 0.5) is 14.5 Å². The zero-order valence-electron chi connectivity index (χ0n) is 16.6. The second-order valence-electron chi connectivity index (χ2n) is 6.96. The van der Waals surface area contributed by atoms with Crippen LogP contribution in [0.5, 0.6) is 0 Å². The lowest BCUT2D eigenvalue weighted by Crippen LogP contribution is -2.40. The Balaban J connectivity index is 1.78. The molecule has 0 bridgehead atoms. The molecule has 7 nitrogen and oxygen atoms in total. The van der Waals surface area contributed by atoms with Crippen molar-refractivity contribution in [1.29, 1.82) is 0 Å². The van der Waals surface area contributed by atoms with Crippen LogP contribution in [0.25, 0.3) is 15.9 Å². The average molecular weight is 455 g/mol. The van der Waals surface area contributed by atoms with Crippen LogP contribution in [0.3, 0.4) is 0 Å². The highest BCUT2D eigenvalue weighted by Gasteiger charge is 2.18. The van der Waals surface area contributed by atoms with Crippen molar-refractivity contribution in [3.63, 3.8) is 0 Å². The summed E-state index contributed by atoms with van der Waals surface area (Å²) >= 11 is 1.04. The van der Waals surface area contributed by atoms with Crippen molar-refractivity contribution in [2.75, 3.05) is 5.32 Å². The van der Waals surface area contributed by atoms with Crippen LogP contribution in [0.15, 0.2) is 63.5 Å². The van der Waals surface area contributed by atoms with Crippen LogP contribution in [-0.2, 0) is 11.3 Å². The molecule has 0 radical (unpaired) electrons. The molecule has 0 saturated carbocycles. The maximum atomic E-state index is 13.7. The van der Waals surface area contributed by atoms with Crippen molar-refractivity contribution in [3.05, 3.63) is 91.9 Å². The summed E-state index contributed by atoms with van der Waals surface area (Å²) in [7, 11) is 0. The monoisotopic (exact) mass is 455 g/mol. The normalized spacial score (nSPS) is 11.0. The van der Waals surface area contributed by atoms with Gasteiger partial charge in [-0.3, -0.25) is 19.0 Å². The first-order valence-corrected chi connectivity index (χ1v) is 10.2. The van der Waals surface area contributed by atoms with Gasteiger partial charge in [0.25, 0.3) is 5.56 Å². The lowest BCUT2D eigenvalue weighted by molar-refractivity contribution is -0.116. The van der Waals surface area contributed by atoms with E-state index in [9.17, 15) is 28.0 Å². The van der Waals surface area contributed by atoms with E-state index in [1.165, 1.54) is 19.1 Å². The largest absolute Gasteiger partial charge is 0.336 e. The third kappa shape index (κ3) is 4.00. The summed E-state index contributed by atoms with van der Waals surface area (Å²) < 4.78 is 29.3. The van der Waals surface area contributed by atoms with Crippen molar-refractivity contribution >= 4 is 38.9 Å². The number of anilines is 1. The molecule has 0 spiro atoms. The van der Waals surface area contributed by atoms with Gasteiger partial charge in [-0.15, -0.1) is 11.3 Å². The van der Waals surface area contributed by atoms with E-state index < -0.39 is 35.3 Å². The quantitative estimate of drug-likeness (QED) is 0.468. The third-order valence-electron chi connectivity index (χ3n) is 4.71. The Morgan fingerprint density at radius 2 is 1.75 bits per heavy atom. The molecule has 0 aliphatic rings. The Kier molecular flexibility index (Phi) is 5.54. The minimum atomic E-state index is -0.952. The number of benzene rings is 2. The van der Waals surface area contributed by atoms with Crippen LogP contribution >= 0.6 is 11.3 Å². The predicted molar refractivity (Wildman–Crippen MR) is 117 cm³/mol. The van der Waals surface area contributed by atoms with E-state index in [1.54, 1.807) is 23.6 Å². The molecule has 0 saturated heterocycles. The highest BCUT2D eigenvalue weighted by atomic mass is 32.1. The molecule has 162 valence electrons. The number of nitrogens with one attached hydrogen (secondary N) is 1. The molecule has 0 fully saturated rings. The summed E-state index contributed by atoms with van der Waals surface area (Å²) in [5.74, 6) is -2.66. The fourth-order valence-corrected chi connectivity index (χ4v) is 4.12. The number of carbonyl (C=O) groups excluding carboxylic acids is 2. The zero-order chi connectivity index (χ0) is 23.0. The van der Waals surface area contributed by atoms with Gasteiger partial charge in [-0.2, -0.15) is 0 Å². The maximum absolute atomic E-state index is 13.7. The van der Waals surface area contributed by atoms with Gasteiger partial charge in [-0.25, -0.2) is 18.1 Å². The van der Waals surface area contributed by atoms with Crippen molar-refractivity contribution in [3.8, 4) is 5.69 Å². The molecule has 1 N–H and O–H groups in total. The number of rotatable bonds is 5. The van der Waals surface area contributed by atoms with Crippen molar-refractivity contribution in [2.24, 2.45) is 0 Å². The lowest BCUT2D eigenvalue weighted by Gasteiger charge is -2.13. The van der Waals surface area contributed by atoms with Crippen LogP contribution in [-0.4, -0.2) is 20.8 Å². The molecular formula is C22H15F2N3O4S. The number of ketones is 1. The van der Waals surface area contributed by atoms with Gasteiger partial charge in [0.05, 0.1) is 11.2 Å². The van der Waals surface area contributed by atoms with Gasteiger partial charge in [0.15, 0.2) is 5.78 Å². The van der Waals surface area contributed by atoms with Crippen LogP contribution < -0.4 is 16.6 Å². The second-order valence-corrected chi connectivity index (χ2v) is 7.87. The number of thiophene rings is 1. The van der Waals surface area contributed by atoms with Crippen LogP contribution in [0.1, 0.15) is 17.3 Å². The summed E-state index contributed by atoms with van der Waals surface area (Å²) in [4.78, 5) is 50.2. The number of fused-ring (bicyclic) bond motifs is 1. The molecular weight excluding hydrogens is 440 g/mol. The highest BCUT2D eigenvalue weighted by molar-refractivity contribution is 7.17. The number of Topliss-reactive ketones (excluding diaryl/α,β-unsaturated/α-hetero) is 1. The average Bonchev–Trinajstić information content (AvgIpc) is 3.21.